The maximum Gasteiger partial charge on any atom is 0.220 e. The van der Waals surface area contributed by atoms with E-state index in [1.165, 1.54) is 0 Å². The van der Waals surface area contributed by atoms with Gasteiger partial charge in [-0.15, -0.1) is 0 Å². The molecule has 4 N–H and O–H groups in total. The van der Waals surface area contributed by atoms with Crippen LogP contribution in [-0.4, -0.2) is 70.0 Å². The zero-order chi connectivity index (χ0) is 22.6. The summed E-state index contributed by atoms with van der Waals surface area (Å²) in [6, 6.07) is 4.02. The lowest BCUT2D eigenvalue weighted by atomic mass is 9.96. The Hall–Kier alpha value is -2.39. The van der Waals surface area contributed by atoms with Gasteiger partial charge in [0, 0.05) is 77.3 Å². The van der Waals surface area contributed by atoms with Crippen LogP contribution < -0.4 is 21.3 Å². The number of nitrogens with one attached hydrogen (secondary N) is 2. The number of guanidine groups is 1. The molecule has 0 radical (unpaired) electrons. The van der Waals surface area contributed by atoms with Gasteiger partial charge in [0.1, 0.15) is 5.82 Å². The number of nitrogens with zero attached hydrogens (tertiary/aromatic N) is 3. The number of hydrogen-bond acceptors (Lipinski definition) is 6. The van der Waals surface area contributed by atoms with E-state index in [-0.39, 0.29) is 11.8 Å². The van der Waals surface area contributed by atoms with Gasteiger partial charge < -0.3 is 30.7 Å². The molecule has 2 saturated heterocycles. The number of carbonyl (C=O) groups is 1. The van der Waals surface area contributed by atoms with Crippen molar-refractivity contribution in [2.45, 2.75) is 38.6 Å². The van der Waals surface area contributed by atoms with E-state index in [0.29, 0.717) is 12.5 Å². The maximum absolute atomic E-state index is 11.4. The van der Waals surface area contributed by atoms with Crippen molar-refractivity contribution >= 4 is 17.7 Å². The number of nitrogens with two attached hydrogens (primary N) is 1. The number of anilines is 1. The van der Waals surface area contributed by atoms with Gasteiger partial charge in [0.25, 0.3) is 0 Å². The summed E-state index contributed by atoms with van der Waals surface area (Å²) in [7, 11) is 1.77. The first kappa shape index (κ1) is 24.3. The topological polar surface area (TPSA) is 114 Å². The third-order valence-electron chi connectivity index (χ3n) is 6.19. The number of piperidine rings is 1. The Morgan fingerprint density at radius 3 is 2.78 bits per heavy atom. The zero-order valence-corrected chi connectivity index (χ0v) is 19.2. The third kappa shape index (κ3) is 7.63. The molecule has 2 aliphatic rings. The Bertz CT molecular complexity index is 730. The first-order valence-electron chi connectivity index (χ1n) is 11.8. The van der Waals surface area contributed by atoms with Crippen molar-refractivity contribution in [1.82, 2.24) is 15.6 Å². The van der Waals surface area contributed by atoms with Gasteiger partial charge in [-0.25, -0.2) is 4.98 Å². The molecule has 178 valence electrons. The number of aliphatic imine (C=N–C) groups is 1. The van der Waals surface area contributed by atoms with Crippen LogP contribution in [0.15, 0.2) is 23.3 Å². The van der Waals surface area contributed by atoms with Crippen LogP contribution in [0.4, 0.5) is 5.82 Å². The lowest BCUT2D eigenvalue weighted by Crippen LogP contribution is -2.40. The molecular weight excluding hydrogens is 408 g/mol. The Balaban J connectivity index is 1.37. The fourth-order valence-electron chi connectivity index (χ4n) is 4.17. The van der Waals surface area contributed by atoms with Crippen LogP contribution in [0.1, 0.15) is 37.7 Å². The van der Waals surface area contributed by atoms with Crippen LogP contribution in [0.25, 0.3) is 0 Å². The lowest BCUT2D eigenvalue weighted by molar-refractivity contribution is -0.122. The van der Waals surface area contributed by atoms with E-state index in [1.54, 1.807) is 7.05 Å². The molecule has 2 fully saturated rings. The minimum Gasteiger partial charge on any atom is -0.381 e. The second kappa shape index (κ2) is 13.2. The van der Waals surface area contributed by atoms with Gasteiger partial charge in [0.2, 0.25) is 5.91 Å². The molecule has 2 aliphatic heterocycles. The number of carbonyl (C=O) groups excluding carboxylic acids is 1. The minimum atomic E-state index is -0.198. The second-order valence-corrected chi connectivity index (χ2v) is 8.49. The number of hydrogen-bond donors (Lipinski definition) is 3. The molecule has 0 unspecified atom stereocenters. The summed E-state index contributed by atoms with van der Waals surface area (Å²) in [4.78, 5) is 22.6. The largest absolute Gasteiger partial charge is 0.381 e. The summed E-state index contributed by atoms with van der Waals surface area (Å²) in [5.41, 5.74) is 6.57. The molecule has 1 aromatic heterocycles. The first-order chi connectivity index (χ1) is 15.7. The highest BCUT2D eigenvalue weighted by molar-refractivity contribution is 5.79. The molecule has 32 heavy (non-hydrogen) atoms. The second-order valence-electron chi connectivity index (χ2n) is 8.49. The molecule has 1 aromatic rings. The van der Waals surface area contributed by atoms with E-state index < -0.39 is 0 Å². The van der Waals surface area contributed by atoms with E-state index in [0.717, 1.165) is 95.5 Å². The summed E-state index contributed by atoms with van der Waals surface area (Å²) >= 11 is 0. The number of pyridine rings is 1. The standard InChI is InChI=1S/C23H38N6O3/c1-25-23(27-10-3-13-32-17-18-7-14-31-15-8-18)28-16-20-4-2-9-26-22(20)29-11-5-19(6-12-29)21(24)30/h2,4,9,18-19H,3,5-8,10-17H2,1H3,(H2,24,30)(H2,25,27,28). The highest BCUT2D eigenvalue weighted by Crippen LogP contribution is 2.24. The van der Waals surface area contributed by atoms with Gasteiger partial charge in [-0.3, -0.25) is 9.79 Å². The average Bonchev–Trinajstić information content (AvgIpc) is 2.84. The van der Waals surface area contributed by atoms with Crippen molar-refractivity contribution in [2.75, 3.05) is 58.0 Å². The maximum atomic E-state index is 11.4. The zero-order valence-electron chi connectivity index (χ0n) is 19.2. The van der Waals surface area contributed by atoms with Gasteiger partial charge in [0.05, 0.1) is 0 Å². The van der Waals surface area contributed by atoms with Gasteiger partial charge in [-0.1, -0.05) is 6.07 Å². The molecule has 1 amide bonds. The first-order valence-corrected chi connectivity index (χ1v) is 11.8. The number of rotatable bonds is 10. The molecular formula is C23H38N6O3. The average molecular weight is 447 g/mol. The van der Waals surface area contributed by atoms with Gasteiger partial charge in [0.15, 0.2) is 5.96 Å². The van der Waals surface area contributed by atoms with Crippen molar-refractivity contribution in [2.24, 2.45) is 22.6 Å². The van der Waals surface area contributed by atoms with Crippen LogP contribution in [0.3, 0.4) is 0 Å². The Morgan fingerprint density at radius 2 is 2.06 bits per heavy atom. The normalized spacial score (nSPS) is 18.5. The Morgan fingerprint density at radius 1 is 1.28 bits per heavy atom. The van der Waals surface area contributed by atoms with E-state index in [4.69, 9.17) is 15.2 Å². The molecule has 9 nitrogen and oxygen atoms in total. The number of primary amides is 1. The quantitative estimate of drug-likeness (QED) is 0.282. The molecule has 0 spiro atoms. The smallest absolute Gasteiger partial charge is 0.220 e. The highest BCUT2D eigenvalue weighted by Gasteiger charge is 2.25. The molecule has 0 aromatic carbocycles. The molecule has 3 rings (SSSR count). The van der Waals surface area contributed by atoms with Crippen LogP contribution in [-0.2, 0) is 20.8 Å². The van der Waals surface area contributed by atoms with E-state index in [9.17, 15) is 4.79 Å². The summed E-state index contributed by atoms with van der Waals surface area (Å²) in [5.74, 6) is 2.13. The molecule has 0 bridgehead atoms. The van der Waals surface area contributed by atoms with Crippen molar-refractivity contribution in [1.29, 1.82) is 0 Å². The molecule has 3 heterocycles. The number of ether oxygens (including phenoxy) is 2. The summed E-state index contributed by atoms with van der Waals surface area (Å²) in [6.45, 7) is 6.31. The van der Waals surface area contributed by atoms with Crippen LogP contribution in [0.2, 0.25) is 0 Å². The van der Waals surface area contributed by atoms with Gasteiger partial charge in [-0.05, 0) is 44.1 Å². The predicted molar refractivity (Wildman–Crippen MR) is 126 cm³/mol. The Labute approximate surface area is 191 Å². The van der Waals surface area contributed by atoms with E-state index in [1.807, 2.05) is 12.3 Å². The van der Waals surface area contributed by atoms with Crippen LogP contribution in [0.5, 0.6) is 0 Å². The fraction of sp³-hybridized carbons (Fsp3) is 0.696. The predicted octanol–water partition coefficient (Wildman–Crippen LogP) is 1.28. The van der Waals surface area contributed by atoms with Gasteiger partial charge in [-0.2, -0.15) is 0 Å². The number of aromatic nitrogens is 1. The molecule has 0 atom stereocenters. The monoisotopic (exact) mass is 446 g/mol. The molecule has 9 heteroatoms. The summed E-state index contributed by atoms with van der Waals surface area (Å²) in [6.07, 6.45) is 6.50. The van der Waals surface area contributed by atoms with Crippen molar-refractivity contribution in [3.8, 4) is 0 Å². The lowest BCUT2D eigenvalue weighted by Gasteiger charge is -2.32. The van der Waals surface area contributed by atoms with E-state index >= 15 is 0 Å². The minimum absolute atomic E-state index is 0.0276. The fourth-order valence-corrected chi connectivity index (χ4v) is 4.17. The van der Waals surface area contributed by atoms with Crippen molar-refractivity contribution in [3.05, 3.63) is 23.9 Å². The van der Waals surface area contributed by atoms with Crippen LogP contribution in [0, 0.1) is 11.8 Å². The number of amides is 1. The molecule has 0 aliphatic carbocycles. The third-order valence-corrected chi connectivity index (χ3v) is 6.19. The summed E-state index contributed by atoms with van der Waals surface area (Å²) in [5, 5.41) is 6.73. The Kier molecular flexibility index (Phi) is 10.0. The SMILES string of the molecule is CN=C(NCCCOCC1CCOCC1)NCc1cccnc1N1CCC(C(N)=O)CC1. The summed E-state index contributed by atoms with van der Waals surface area (Å²) < 4.78 is 11.2. The highest BCUT2D eigenvalue weighted by atomic mass is 16.5. The van der Waals surface area contributed by atoms with Crippen molar-refractivity contribution < 1.29 is 14.3 Å². The van der Waals surface area contributed by atoms with E-state index in [2.05, 4.69) is 31.6 Å². The van der Waals surface area contributed by atoms with Gasteiger partial charge >= 0.3 is 0 Å². The molecule has 0 saturated carbocycles. The van der Waals surface area contributed by atoms with Crippen LogP contribution >= 0.6 is 0 Å². The van der Waals surface area contributed by atoms with Crippen molar-refractivity contribution in [3.63, 3.8) is 0 Å².